The van der Waals surface area contributed by atoms with Gasteiger partial charge in [0.15, 0.2) is 5.11 Å². The molecule has 0 saturated heterocycles. The zero-order valence-electron chi connectivity index (χ0n) is 18.9. The lowest BCUT2D eigenvalue weighted by Crippen LogP contribution is -2.37. The smallest absolute Gasteiger partial charge is 0.190 e. The summed E-state index contributed by atoms with van der Waals surface area (Å²) in [7, 11) is 1.67. The fourth-order valence-electron chi connectivity index (χ4n) is 4.14. The van der Waals surface area contributed by atoms with Gasteiger partial charge in [-0.3, -0.25) is 9.97 Å². The van der Waals surface area contributed by atoms with Crippen molar-refractivity contribution in [3.63, 3.8) is 0 Å². The van der Waals surface area contributed by atoms with E-state index in [2.05, 4.69) is 51.7 Å². The zero-order chi connectivity index (χ0) is 23.3. The quantitative estimate of drug-likeness (QED) is 0.407. The van der Waals surface area contributed by atoms with E-state index >= 15 is 0 Å². The third kappa shape index (κ3) is 4.75. The fourth-order valence-corrected chi connectivity index (χ4v) is 4.41. The van der Waals surface area contributed by atoms with Crippen LogP contribution in [0, 0.1) is 0 Å². The summed E-state index contributed by atoms with van der Waals surface area (Å²) in [4.78, 5) is 8.88. The highest BCUT2D eigenvalue weighted by molar-refractivity contribution is 7.80. The van der Waals surface area contributed by atoms with E-state index in [-0.39, 0.29) is 6.04 Å². The lowest BCUT2D eigenvalue weighted by atomic mass is 9.98. The number of hydrogen-bond acceptors (Lipinski definition) is 5. The number of ether oxygens (including phenoxy) is 1. The highest BCUT2D eigenvalue weighted by Crippen LogP contribution is 2.34. The second-order valence-electron chi connectivity index (χ2n) is 8.11. The van der Waals surface area contributed by atoms with E-state index in [1.165, 1.54) is 5.56 Å². The molecule has 0 spiro atoms. The Morgan fingerprint density at radius 1 is 1.00 bits per heavy atom. The van der Waals surface area contributed by atoms with Crippen LogP contribution < -0.4 is 10.1 Å². The molecule has 0 amide bonds. The van der Waals surface area contributed by atoms with Crippen LogP contribution in [0.15, 0.2) is 90.3 Å². The molecule has 34 heavy (non-hydrogen) atoms. The van der Waals surface area contributed by atoms with E-state index in [1.54, 1.807) is 19.5 Å². The average Bonchev–Trinajstić information content (AvgIpc) is 3.35. The van der Waals surface area contributed by atoms with Crippen LogP contribution >= 0.6 is 12.2 Å². The second kappa shape index (κ2) is 9.97. The van der Waals surface area contributed by atoms with E-state index < -0.39 is 0 Å². The Bertz CT molecular complexity index is 1320. The van der Waals surface area contributed by atoms with Crippen molar-refractivity contribution in [1.82, 2.24) is 20.3 Å². The Morgan fingerprint density at radius 2 is 1.76 bits per heavy atom. The normalized spacial score (nSPS) is 15.3. The van der Waals surface area contributed by atoms with Crippen LogP contribution in [0.4, 0.5) is 0 Å². The first-order chi connectivity index (χ1) is 16.7. The molecule has 4 aromatic rings. The van der Waals surface area contributed by atoms with Crippen LogP contribution in [-0.4, -0.2) is 39.5 Å². The van der Waals surface area contributed by atoms with E-state index in [0.717, 1.165) is 53.0 Å². The van der Waals surface area contributed by atoms with Gasteiger partial charge >= 0.3 is 0 Å². The predicted octanol–water partition coefficient (Wildman–Crippen LogP) is 4.91. The summed E-state index contributed by atoms with van der Waals surface area (Å²) in [6, 6.07) is 24.5. The van der Waals surface area contributed by atoms with Gasteiger partial charge in [0, 0.05) is 25.4 Å². The number of fused-ring (bicyclic) bond motifs is 1. The molecule has 7 heteroatoms. The highest BCUT2D eigenvalue weighted by Gasteiger charge is 2.31. The molecule has 1 aliphatic heterocycles. The lowest BCUT2D eigenvalue weighted by molar-refractivity contribution is 0.364. The number of hydrazone groups is 1. The van der Waals surface area contributed by atoms with E-state index in [9.17, 15) is 0 Å². The zero-order valence-corrected chi connectivity index (χ0v) is 19.7. The van der Waals surface area contributed by atoms with Gasteiger partial charge in [0.05, 0.1) is 29.9 Å². The van der Waals surface area contributed by atoms with Gasteiger partial charge in [-0.1, -0.05) is 36.4 Å². The molecular weight excluding hydrogens is 442 g/mol. The van der Waals surface area contributed by atoms with Gasteiger partial charge in [0.25, 0.3) is 0 Å². The minimum absolute atomic E-state index is 0.0276. The number of aromatic nitrogens is 2. The van der Waals surface area contributed by atoms with Crippen molar-refractivity contribution in [2.75, 3.05) is 13.7 Å². The van der Waals surface area contributed by atoms with Crippen LogP contribution in [0.3, 0.4) is 0 Å². The minimum Gasteiger partial charge on any atom is -0.497 e. The van der Waals surface area contributed by atoms with Crippen molar-refractivity contribution in [3.05, 3.63) is 102 Å². The maximum atomic E-state index is 5.80. The predicted molar refractivity (Wildman–Crippen MR) is 139 cm³/mol. The molecule has 6 nitrogen and oxygen atoms in total. The number of rotatable bonds is 6. The maximum absolute atomic E-state index is 5.80. The molecule has 0 aliphatic carbocycles. The first-order valence-corrected chi connectivity index (χ1v) is 11.7. The third-order valence-corrected chi connectivity index (χ3v) is 6.28. The van der Waals surface area contributed by atoms with Gasteiger partial charge in [-0.2, -0.15) is 5.10 Å². The second-order valence-corrected chi connectivity index (χ2v) is 8.50. The average molecular weight is 468 g/mol. The number of nitrogens with one attached hydrogen (secondary N) is 1. The topological polar surface area (TPSA) is 62.6 Å². The monoisotopic (exact) mass is 467 g/mol. The standard InChI is InChI=1S/C27H25N5OS/c1-33-22-10-7-20(8-11-22)24-18-26(21-9-12-23-25(17-21)29-16-15-28-23)32(31-24)27(34)30-14-13-19-5-3-2-4-6-19/h2-12,15-17,26H,13-14,18H2,1H3,(H,30,34). The van der Waals surface area contributed by atoms with Crippen molar-refractivity contribution >= 4 is 34.1 Å². The number of nitrogens with zero attached hydrogens (tertiary/aromatic N) is 4. The van der Waals surface area contributed by atoms with E-state index in [4.69, 9.17) is 22.1 Å². The third-order valence-electron chi connectivity index (χ3n) is 5.95. The molecule has 0 radical (unpaired) electrons. The van der Waals surface area contributed by atoms with Crippen molar-refractivity contribution in [1.29, 1.82) is 0 Å². The van der Waals surface area contributed by atoms with Gasteiger partial charge in [0.2, 0.25) is 0 Å². The summed E-state index contributed by atoms with van der Waals surface area (Å²) in [5, 5.41) is 10.9. The van der Waals surface area contributed by atoms with Gasteiger partial charge < -0.3 is 10.1 Å². The van der Waals surface area contributed by atoms with Gasteiger partial charge in [-0.15, -0.1) is 0 Å². The molecule has 1 aromatic heterocycles. The van der Waals surface area contributed by atoms with Crippen LogP contribution in [0.25, 0.3) is 11.0 Å². The summed E-state index contributed by atoms with van der Waals surface area (Å²) in [6.45, 7) is 0.739. The van der Waals surface area contributed by atoms with Gasteiger partial charge in [0.1, 0.15) is 5.75 Å². The number of hydrogen-bond donors (Lipinski definition) is 1. The molecule has 3 aromatic carbocycles. The Balaban J connectivity index is 1.40. The SMILES string of the molecule is COc1ccc(C2=NN(C(=S)NCCc3ccccc3)C(c3ccc4nccnc4c3)C2)cc1. The highest BCUT2D eigenvalue weighted by atomic mass is 32.1. The molecule has 1 atom stereocenters. The molecular formula is C27H25N5OS. The first-order valence-electron chi connectivity index (χ1n) is 11.2. The Morgan fingerprint density at radius 3 is 2.53 bits per heavy atom. The molecule has 0 saturated carbocycles. The molecule has 170 valence electrons. The molecule has 5 rings (SSSR count). The summed E-state index contributed by atoms with van der Waals surface area (Å²) in [6.07, 6.45) is 5.05. The van der Waals surface area contributed by atoms with Gasteiger partial charge in [-0.05, 0) is 71.7 Å². The Labute approximate surface area is 204 Å². The Hall–Kier alpha value is -3.84. The molecule has 2 heterocycles. The summed E-state index contributed by atoms with van der Waals surface area (Å²) in [5.41, 5.74) is 6.15. The summed E-state index contributed by atoms with van der Waals surface area (Å²) >= 11 is 5.80. The largest absolute Gasteiger partial charge is 0.497 e. The van der Waals surface area contributed by atoms with Crippen LogP contribution in [0.2, 0.25) is 0 Å². The van der Waals surface area contributed by atoms with Crippen molar-refractivity contribution in [2.24, 2.45) is 5.10 Å². The van der Waals surface area contributed by atoms with Crippen LogP contribution in [0.5, 0.6) is 5.75 Å². The van der Waals surface area contributed by atoms with Gasteiger partial charge in [-0.25, -0.2) is 5.01 Å². The van der Waals surface area contributed by atoms with Crippen LogP contribution in [-0.2, 0) is 6.42 Å². The van der Waals surface area contributed by atoms with Crippen molar-refractivity contribution in [2.45, 2.75) is 18.9 Å². The number of thiocarbonyl (C=S) groups is 1. The van der Waals surface area contributed by atoms with Crippen LogP contribution in [0.1, 0.15) is 29.2 Å². The maximum Gasteiger partial charge on any atom is 0.190 e. The lowest BCUT2D eigenvalue weighted by Gasteiger charge is -2.25. The minimum atomic E-state index is -0.0276. The van der Waals surface area contributed by atoms with E-state index in [0.29, 0.717) is 5.11 Å². The van der Waals surface area contributed by atoms with Crippen molar-refractivity contribution < 1.29 is 4.74 Å². The Kier molecular flexibility index (Phi) is 6.44. The number of methoxy groups -OCH3 is 1. The van der Waals surface area contributed by atoms with E-state index in [1.807, 2.05) is 41.4 Å². The summed E-state index contributed by atoms with van der Waals surface area (Å²) < 4.78 is 5.31. The molecule has 0 fully saturated rings. The first kappa shape index (κ1) is 22.0. The molecule has 1 unspecified atom stereocenters. The summed E-state index contributed by atoms with van der Waals surface area (Å²) in [5.74, 6) is 0.821. The molecule has 1 N–H and O–H groups in total. The molecule has 1 aliphatic rings. The number of benzene rings is 3. The molecule has 0 bridgehead atoms. The van der Waals surface area contributed by atoms with Crippen molar-refractivity contribution in [3.8, 4) is 5.75 Å². The fraction of sp³-hybridized carbons (Fsp3) is 0.185.